The molecule has 92 valence electrons. The number of nitrogens with two attached hydrogens (primary N) is 1. The minimum absolute atomic E-state index is 0.588. The fourth-order valence-electron chi connectivity index (χ4n) is 1.59. The number of hydrogen-bond acceptors (Lipinski definition) is 1. The summed E-state index contributed by atoms with van der Waals surface area (Å²) in [7, 11) is 0. The van der Waals surface area contributed by atoms with Gasteiger partial charge >= 0.3 is 0 Å². The zero-order chi connectivity index (χ0) is 13.3. The molecule has 0 atom stereocenters. The molecule has 0 radical (unpaired) electrons. The first-order valence-electron chi connectivity index (χ1n) is 6.25. The Balaban J connectivity index is 2.27. The molecule has 0 spiro atoms. The summed E-state index contributed by atoms with van der Waals surface area (Å²) in [5.74, 6) is 12.5. The van der Waals surface area contributed by atoms with E-state index in [0.29, 0.717) is 13.0 Å². The lowest BCUT2D eigenvalue weighted by atomic mass is 10.1. The average molecular weight is 245 g/mol. The highest BCUT2D eigenvalue weighted by molar-refractivity contribution is 5.52. The van der Waals surface area contributed by atoms with Gasteiger partial charge < -0.3 is 5.73 Å². The van der Waals surface area contributed by atoms with Crippen molar-refractivity contribution in [2.24, 2.45) is 5.73 Å². The molecule has 19 heavy (non-hydrogen) atoms. The van der Waals surface area contributed by atoms with Crippen molar-refractivity contribution in [2.75, 3.05) is 6.54 Å². The Hall–Kier alpha value is -2.48. The summed E-state index contributed by atoms with van der Waals surface area (Å²) < 4.78 is 0. The summed E-state index contributed by atoms with van der Waals surface area (Å²) in [5.41, 5.74) is 8.35. The van der Waals surface area contributed by atoms with Crippen LogP contribution in [0.1, 0.15) is 23.1 Å². The molecule has 0 aromatic heterocycles. The third kappa shape index (κ3) is 4.03. The molecule has 0 aliphatic carbocycles. The quantitative estimate of drug-likeness (QED) is 0.768. The summed E-state index contributed by atoms with van der Waals surface area (Å²) >= 11 is 0. The van der Waals surface area contributed by atoms with Gasteiger partial charge in [-0.05, 0) is 24.3 Å². The van der Waals surface area contributed by atoms with E-state index in [1.54, 1.807) is 0 Å². The van der Waals surface area contributed by atoms with Crippen LogP contribution < -0.4 is 5.73 Å². The van der Waals surface area contributed by atoms with Gasteiger partial charge in [-0.25, -0.2) is 0 Å². The fraction of sp³-hybridized carbons (Fsp3) is 0.111. The molecule has 1 heteroatoms. The minimum Gasteiger partial charge on any atom is -0.330 e. The Morgan fingerprint density at radius 3 is 2.05 bits per heavy atom. The standard InChI is InChI=1S/C18H15N/c19-15-7-6-12-17-10-4-5-11-18(17)14-13-16-8-2-1-3-9-16/h1-5,8-11H,7,15,19H2. The zero-order valence-electron chi connectivity index (χ0n) is 10.7. The van der Waals surface area contributed by atoms with Crippen LogP contribution in [0.15, 0.2) is 54.6 Å². The molecular formula is C18H15N. The lowest BCUT2D eigenvalue weighted by Gasteiger charge is -1.95. The molecule has 2 aromatic rings. The van der Waals surface area contributed by atoms with Crippen LogP contribution in [-0.2, 0) is 0 Å². The van der Waals surface area contributed by atoms with E-state index >= 15 is 0 Å². The Labute approximate surface area is 114 Å². The topological polar surface area (TPSA) is 26.0 Å². The monoisotopic (exact) mass is 245 g/mol. The predicted octanol–water partition coefficient (Wildman–Crippen LogP) is 2.79. The van der Waals surface area contributed by atoms with Crippen molar-refractivity contribution in [2.45, 2.75) is 6.42 Å². The lowest BCUT2D eigenvalue weighted by molar-refractivity contribution is 1.03. The van der Waals surface area contributed by atoms with Gasteiger partial charge in [-0.2, -0.15) is 0 Å². The Kier molecular flexibility index (Phi) is 4.82. The summed E-state index contributed by atoms with van der Waals surface area (Å²) in [6.45, 7) is 0.588. The third-order valence-electron chi connectivity index (χ3n) is 2.53. The largest absolute Gasteiger partial charge is 0.330 e. The van der Waals surface area contributed by atoms with E-state index in [9.17, 15) is 0 Å². The molecular weight excluding hydrogens is 230 g/mol. The highest BCUT2D eigenvalue weighted by Gasteiger charge is 1.94. The van der Waals surface area contributed by atoms with Crippen molar-refractivity contribution in [1.29, 1.82) is 0 Å². The third-order valence-corrected chi connectivity index (χ3v) is 2.53. The molecule has 2 rings (SSSR count). The van der Waals surface area contributed by atoms with Crippen LogP contribution in [0.25, 0.3) is 0 Å². The maximum atomic E-state index is 5.43. The minimum atomic E-state index is 0.588. The predicted molar refractivity (Wildman–Crippen MR) is 79.4 cm³/mol. The first-order valence-corrected chi connectivity index (χ1v) is 6.25. The van der Waals surface area contributed by atoms with Crippen LogP contribution in [0.2, 0.25) is 0 Å². The van der Waals surface area contributed by atoms with Gasteiger partial charge in [-0.3, -0.25) is 0 Å². The van der Waals surface area contributed by atoms with Gasteiger partial charge in [-0.15, -0.1) is 0 Å². The van der Waals surface area contributed by atoms with Gasteiger partial charge in [0.15, 0.2) is 0 Å². The van der Waals surface area contributed by atoms with Gasteiger partial charge in [0.05, 0.1) is 0 Å². The van der Waals surface area contributed by atoms with E-state index in [2.05, 4.69) is 23.7 Å². The highest BCUT2D eigenvalue weighted by Crippen LogP contribution is 2.06. The van der Waals surface area contributed by atoms with E-state index in [1.165, 1.54) is 0 Å². The molecule has 0 saturated carbocycles. The fourth-order valence-corrected chi connectivity index (χ4v) is 1.59. The van der Waals surface area contributed by atoms with Crippen molar-refractivity contribution in [1.82, 2.24) is 0 Å². The first-order chi connectivity index (χ1) is 9.40. The summed E-state index contributed by atoms with van der Waals surface area (Å²) in [6, 6.07) is 17.9. The second-order valence-electron chi connectivity index (χ2n) is 4.00. The van der Waals surface area contributed by atoms with Gasteiger partial charge in [-0.1, -0.05) is 54.0 Å². The van der Waals surface area contributed by atoms with Crippen LogP contribution in [0.4, 0.5) is 0 Å². The maximum Gasteiger partial charge on any atom is 0.0405 e. The second-order valence-corrected chi connectivity index (χ2v) is 4.00. The van der Waals surface area contributed by atoms with E-state index in [1.807, 2.05) is 54.6 Å². The van der Waals surface area contributed by atoms with Crippen molar-refractivity contribution in [3.63, 3.8) is 0 Å². The van der Waals surface area contributed by atoms with Crippen molar-refractivity contribution >= 4 is 0 Å². The lowest BCUT2D eigenvalue weighted by Crippen LogP contribution is -1.95. The SMILES string of the molecule is NCCC#Cc1ccccc1C#Cc1ccccc1. The van der Waals surface area contributed by atoms with E-state index < -0.39 is 0 Å². The summed E-state index contributed by atoms with van der Waals surface area (Å²) in [6.07, 6.45) is 0.709. The first kappa shape index (κ1) is 13.0. The average Bonchev–Trinajstić information content (AvgIpc) is 2.48. The number of hydrogen-bond donors (Lipinski definition) is 1. The Morgan fingerprint density at radius 1 is 0.737 bits per heavy atom. The van der Waals surface area contributed by atoms with Crippen LogP contribution in [0.3, 0.4) is 0 Å². The molecule has 0 aliphatic rings. The van der Waals surface area contributed by atoms with Gasteiger partial charge in [0, 0.05) is 29.7 Å². The van der Waals surface area contributed by atoms with Crippen molar-refractivity contribution in [3.8, 4) is 23.7 Å². The molecule has 2 N–H and O–H groups in total. The van der Waals surface area contributed by atoms with E-state index in [0.717, 1.165) is 16.7 Å². The molecule has 0 saturated heterocycles. The van der Waals surface area contributed by atoms with Gasteiger partial charge in [0.25, 0.3) is 0 Å². The smallest absolute Gasteiger partial charge is 0.0405 e. The second kappa shape index (κ2) is 7.07. The van der Waals surface area contributed by atoms with Crippen LogP contribution >= 0.6 is 0 Å². The van der Waals surface area contributed by atoms with Crippen molar-refractivity contribution in [3.05, 3.63) is 71.3 Å². The molecule has 0 unspecified atom stereocenters. The van der Waals surface area contributed by atoms with Crippen LogP contribution in [-0.4, -0.2) is 6.54 Å². The summed E-state index contributed by atoms with van der Waals surface area (Å²) in [5, 5.41) is 0. The van der Waals surface area contributed by atoms with E-state index in [4.69, 9.17) is 5.73 Å². The zero-order valence-corrected chi connectivity index (χ0v) is 10.7. The van der Waals surface area contributed by atoms with E-state index in [-0.39, 0.29) is 0 Å². The normalized spacial score (nSPS) is 8.89. The number of benzene rings is 2. The molecule has 1 nitrogen and oxygen atoms in total. The van der Waals surface area contributed by atoms with Crippen LogP contribution in [0, 0.1) is 23.7 Å². The molecule has 0 heterocycles. The van der Waals surface area contributed by atoms with Crippen LogP contribution in [0.5, 0.6) is 0 Å². The van der Waals surface area contributed by atoms with Gasteiger partial charge in [0.2, 0.25) is 0 Å². The molecule has 0 aliphatic heterocycles. The molecule has 0 fully saturated rings. The molecule has 0 amide bonds. The Bertz CT molecular complexity index is 649. The number of rotatable bonds is 1. The maximum absolute atomic E-state index is 5.43. The Morgan fingerprint density at radius 2 is 1.37 bits per heavy atom. The van der Waals surface area contributed by atoms with Gasteiger partial charge in [0.1, 0.15) is 0 Å². The molecule has 0 bridgehead atoms. The van der Waals surface area contributed by atoms with Crippen molar-refractivity contribution < 1.29 is 0 Å². The molecule has 2 aromatic carbocycles. The summed E-state index contributed by atoms with van der Waals surface area (Å²) in [4.78, 5) is 0. The highest BCUT2D eigenvalue weighted by atomic mass is 14.5.